The monoisotopic (exact) mass is 960 g/mol. The molecule has 2 heterocycles. The van der Waals surface area contributed by atoms with E-state index in [-0.39, 0.29) is 0 Å². The second-order valence-electron chi connectivity index (χ2n) is 18.7. The smallest absolute Gasteiger partial charge is 0.179 e. The van der Waals surface area contributed by atoms with Crippen LogP contribution in [0.3, 0.4) is 0 Å². The molecule has 0 aliphatic rings. The van der Waals surface area contributed by atoms with Crippen LogP contribution >= 0.6 is 0 Å². The summed E-state index contributed by atoms with van der Waals surface area (Å²) in [6.45, 7) is 0. The molecule has 0 bridgehead atoms. The van der Waals surface area contributed by atoms with Crippen LogP contribution in [0.1, 0.15) is 0 Å². The van der Waals surface area contributed by atoms with E-state index in [4.69, 9.17) is 15.0 Å². The van der Waals surface area contributed by atoms with Crippen molar-refractivity contribution in [2.75, 3.05) is 0 Å². The van der Waals surface area contributed by atoms with Crippen molar-refractivity contribution in [2.24, 2.45) is 0 Å². The van der Waals surface area contributed by atoms with Crippen LogP contribution in [-0.4, -0.2) is 27.6 Å². The number of hydrogen-bond donors (Lipinski definition) is 0. The van der Waals surface area contributed by atoms with Crippen LogP contribution in [0.4, 0.5) is 0 Å². The maximum atomic E-state index is 5.38. The van der Waals surface area contributed by atoms with Gasteiger partial charge in [0.05, 0.1) is 16.7 Å². The summed E-state index contributed by atoms with van der Waals surface area (Å²) in [6.07, 6.45) is 0. The molecule has 0 unspecified atom stereocenters. The Morgan fingerprint density at radius 3 is 1.03 bits per heavy atom. The Balaban J connectivity index is 1.11. The number of nitrogens with zero attached hydrogens (tertiary/aromatic N) is 4. The van der Waals surface area contributed by atoms with Gasteiger partial charge in [0.25, 0.3) is 0 Å². The quantitative estimate of drug-likeness (QED) is 0.0958. The summed E-state index contributed by atoms with van der Waals surface area (Å²) >= 11 is 0. The van der Waals surface area contributed by atoms with Crippen molar-refractivity contribution in [1.29, 1.82) is 0 Å². The van der Waals surface area contributed by atoms with Gasteiger partial charge in [-0.2, -0.15) is 0 Å². The first-order chi connectivity index (χ1) is 36.7. The van der Waals surface area contributed by atoms with Gasteiger partial charge in [-0.1, -0.05) is 267 Å². The molecule has 0 saturated carbocycles. The lowest BCUT2D eigenvalue weighted by atomic mass is 10.0. The van der Waals surface area contributed by atoms with E-state index in [1.807, 2.05) is 36.4 Å². The highest BCUT2D eigenvalue weighted by Crippen LogP contribution is 2.41. The number of rotatable bonds is 11. The van der Waals surface area contributed by atoms with Crippen molar-refractivity contribution in [3.8, 4) is 73.2 Å². The Kier molecular flexibility index (Phi) is 11.5. The molecule has 0 saturated heterocycles. The molecule has 2 aromatic heterocycles. The highest BCUT2D eigenvalue weighted by Gasteiger charge is 2.41. The molecule has 0 aliphatic carbocycles. The molecule has 5 heteroatoms. The molecule has 348 valence electrons. The molecule has 11 aromatic carbocycles. The van der Waals surface area contributed by atoms with Crippen molar-refractivity contribution in [1.82, 2.24) is 19.5 Å². The minimum Gasteiger partial charge on any atom is -0.308 e. The van der Waals surface area contributed by atoms with Gasteiger partial charge in [0, 0.05) is 27.5 Å². The van der Waals surface area contributed by atoms with E-state index in [9.17, 15) is 0 Å². The zero-order valence-electron chi connectivity index (χ0n) is 40.5. The van der Waals surface area contributed by atoms with Crippen LogP contribution < -0.4 is 20.7 Å². The van der Waals surface area contributed by atoms with Crippen molar-refractivity contribution < 1.29 is 0 Å². The zero-order chi connectivity index (χ0) is 49.3. The van der Waals surface area contributed by atoms with Crippen LogP contribution in [0.15, 0.2) is 291 Å². The fourth-order valence-corrected chi connectivity index (χ4v) is 15.7. The van der Waals surface area contributed by atoms with Crippen molar-refractivity contribution in [3.63, 3.8) is 0 Å². The molecule has 74 heavy (non-hydrogen) atoms. The zero-order valence-corrected chi connectivity index (χ0v) is 41.5. The molecule has 0 aliphatic heterocycles. The molecule has 0 fully saturated rings. The SMILES string of the molecule is c1ccc(-c2ccc3c4ccc(-c5ccccc5)cc4n(-c4cc(-c5cccc([Si](c6ccccc6)(c6ccccc6)c6ccccc6)c5)ccc4-c4nc(-c5ccccc5)nc(-c5ccccc5)n4)c3c2)cc1. The van der Waals surface area contributed by atoms with Crippen molar-refractivity contribution in [3.05, 3.63) is 291 Å². The average molecular weight is 961 g/mol. The minimum atomic E-state index is -2.85. The Morgan fingerprint density at radius 2 is 0.581 bits per heavy atom. The van der Waals surface area contributed by atoms with E-state index in [2.05, 4.69) is 259 Å². The van der Waals surface area contributed by atoms with Gasteiger partial charge in [0.1, 0.15) is 0 Å². The third kappa shape index (κ3) is 8.02. The second kappa shape index (κ2) is 19.2. The Morgan fingerprint density at radius 1 is 0.243 bits per heavy atom. The standard InChI is InChI=1S/C69H48N4Si/c1-8-23-49(24-9-1)54-39-42-61-62-43-40-55(50-25-10-2-11-26-50)47-65(62)73(64(61)46-54)66-48-56(41-44-63(66)69-71-67(51-27-12-3-13-28-51)70-68(72-69)52-29-14-4-15-30-52)53-31-22-38-60(45-53)74(57-32-16-5-17-33-57,58-34-18-6-19-35-58)59-36-20-7-21-37-59/h1-48H. The fourth-order valence-electron chi connectivity index (χ4n) is 10.9. The summed E-state index contributed by atoms with van der Waals surface area (Å²) < 4.78 is 2.46. The van der Waals surface area contributed by atoms with Crippen molar-refractivity contribution >= 4 is 50.6 Å². The normalized spacial score (nSPS) is 11.5. The molecule has 0 amide bonds. The van der Waals surface area contributed by atoms with Gasteiger partial charge in [-0.05, 0) is 78.4 Å². The summed E-state index contributed by atoms with van der Waals surface area (Å²) in [7, 11) is -2.85. The van der Waals surface area contributed by atoms with E-state index in [0.717, 1.165) is 77.6 Å². The number of aromatic nitrogens is 4. The van der Waals surface area contributed by atoms with Crippen molar-refractivity contribution in [2.45, 2.75) is 0 Å². The number of fused-ring (bicyclic) bond motifs is 3. The third-order valence-electron chi connectivity index (χ3n) is 14.4. The van der Waals surface area contributed by atoms with E-state index in [0.29, 0.717) is 17.5 Å². The molecule has 13 rings (SSSR count). The van der Waals surface area contributed by atoms with E-state index >= 15 is 0 Å². The predicted octanol–water partition coefficient (Wildman–Crippen LogP) is 14.3. The third-order valence-corrected chi connectivity index (χ3v) is 19.2. The Labute approximate surface area is 432 Å². The van der Waals surface area contributed by atoms with Gasteiger partial charge in [0.2, 0.25) is 0 Å². The van der Waals surface area contributed by atoms with Gasteiger partial charge < -0.3 is 4.57 Å². The predicted molar refractivity (Wildman–Crippen MR) is 310 cm³/mol. The van der Waals surface area contributed by atoms with Crippen LogP contribution in [0, 0.1) is 0 Å². The summed E-state index contributed by atoms with van der Waals surface area (Å²) in [4.78, 5) is 15.9. The molecule has 0 spiro atoms. The van der Waals surface area contributed by atoms with Gasteiger partial charge >= 0.3 is 0 Å². The number of hydrogen-bond acceptors (Lipinski definition) is 3. The van der Waals surface area contributed by atoms with Crippen LogP contribution in [0.5, 0.6) is 0 Å². The highest BCUT2D eigenvalue weighted by molar-refractivity contribution is 7.19. The molecule has 13 aromatic rings. The summed E-state index contributed by atoms with van der Waals surface area (Å²) in [6, 6.07) is 105. The molecule has 4 nitrogen and oxygen atoms in total. The largest absolute Gasteiger partial charge is 0.308 e. The van der Waals surface area contributed by atoms with Gasteiger partial charge in [-0.3, -0.25) is 0 Å². The highest BCUT2D eigenvalue weighted by atomic mass is 28.3. The van der Waals surface area contributed by atoms with E-state index in [1.54, 1.807) is 0 Å². The first-order valence-corrected chi connectivity index (χ1v) is 27.2. The molecule has 0 N–H and O–H groups in total. The van der Waals surface area contributed by atoms with E-state index < -0.39 is 8.07 Å². The van der Waals surface area contributed by atoms with Gasteiger partial charge in [-0.25, -0.2) is 15.0 Å². The van der Waals surface area contributed by atoms with Crippen LogP contribution in [0.25, 0.3) is 95.0 Å². The first-order valence-electron chi connectivity index (χ1n) is 25.2. The molecule has 0 atom stereocenters. The number of benzene rings is 11. The summed E-state index contributed by atoms with van der Waals surface area (Å²) in [5, 5.41) is 7.62. The Bertz CT molecular complexity index is 3840. The Hall–Kier alpha value is -9.55. The molecular weight excluding hydrogens is 913 g/mol. The first kappa shape index (κ1) is 44.4. The average Bonchev–Trinajstić information content (AvgIpc) is 3.82. The van der Waals surface area contributed by atoms with E-state index in [1.165, 1.54) is 20.7 Å². The van der Waals surface area contributed by atoms with Crippen LogP contribution in [-0.2, 0) is 0 Å². The van der Waals surface area contributed by atoms with Gasteiger partial charge in [-0.15, -0.1) is 0 Å². The second-order valence-corrected chi connectivity index (χ2v) is 22.5. The fraction of sp³-hybridized carbons (Fsp3) is 0. The summed E-state index contributed by atoms with van der Waals surface area (Å²) in [5.41, 5.74) is 12.6. The maximum Gasteiger partial charge on any atom is 0.179 e. The lowest BCUT2D eigenvalue weighted by Crippen LogP contribution is -2.74. The van der Waals surface area contributed by atoms with Gasteiger partial charge in [0.15, 0.2) is 25.5 Å². The lowest BCUT2D eigenvalue weighted by molar-refractivity contribution is 1.06. The minimum absolute atomic E-state index is 0.588. The van der Waals surface area contributed by atoms with Crippen LogP contribution in [0.2, 0.25) is 0 Å². The molecule has 0 radical (unpaired) electrons. The maximum absolute atomic E-state index is 5.38. The summed E-state index contributed by atoms with van der Waals surface area (Å²) in [5.74, 6) is 1.81. The molecular formula is C69H48N4Si. The lowest BCUT2D eigenvalue weighted by Gasteiger charge is -2.34. The topological polar surface area (TPSA) is 43.6 Å².